The summed E-state index contributed by atoms with van der Waals surface area (Å²) in [4.78, 5) is 18.4. The highest BCUT2D eigenvalue weighted by Gasteiger charge is 2.19. The van der Waals surface area contributed by atoms with Crippen molar-refractivity contribution in [3.63, 3.8) is 0 Å². The van der Waals surface area contributed by atoms with Crippen LogP contribution in [0.3, 0.4) is 0 Å². The molecule has 0 saturated heterocycles. The number of nitrogens with two attached hydrogens (primary N) is 1. The molecular formula is C20H24N4O. The Labute approximate surface area is 148 Å². The Morgan fingerprint density at radius 2 is 1.80 bits per heavy atom. The van der Waals surface area contributed by atoms with Crippen LogP contribution in [0.2, 0.25) is 0 Å². The van der Waals surface area contributed by atoms with E-state index in [9.17, 15) is 4.79 Å². The monoisotopic (exact) mass is 336 g/mol. The average molecular weight is 336 g/mol. The second-order valence-electron chi connectivity index (χ2n) is 6.20. The Hall–Kier alpha value is -2.82. The molecule has 130 valence electrons. The van der Waals surface area contributed by atoms with Gasteiger partial charge in [-0.2, -0.15) is 0 Å². The molecule has 3 N–H and O–H groups in total. The van der Waals surface area contributed by atoms with Crippen LogP contribution < -0.4 is 11.1 Å². The van der Waals surface area contributed by atoms with E-state index in [0.29, 0.717) is 19.0 Å². The third-order valence-electron chi connectivity index (χ3n) is 4.43. The van der Waals surface area contributed by atoms with Gasteiger partial charge in [0.25, 0.3) is 0 Å². The standard InChI is InChI=1S/C20H24N4O/c21-20(22-12-10-16-6-2-1-3-7-16)23-14-19(25)24-13-11-17-8-4-5-9-18(17)15-24/h1-9H,10-15H2,(H3,21,22,23). The van der Waals surface area contributed by atoms with Gasteiger partial charge in [0.15, 0.2) is 5.96 Å². The Kier molecular flexibility index (Phi) is 5.67. The Morgan fingerprint density at radius 1 is 1.08 bits per heavy atom. The molecule has 0 aromatic heterocycles. The van der Waals surface area contributed by atoms with E-state index < -0.39 is 0 Å². The molecule has 0 spiro atoms. The highest BCUT2D eigenvalue weighted by Crippen LogP contribution is 2.18. The summed E-state index contributed by atoms with van der Waals surface area (Å²) in [5.74, 6) is 0.337. The lowest BCUT2D eigenvalue weighted by Gasteiger charge is -2.28. The summed E-state index contributed by atoms with van der Waals surface area (Å²) in [6.45, 7) is 2.19. The first kappa shape index (κ1) is 17.0. The van der Waals surface area contributed by atoms with E-state index in [1.165, 1.54) is 16.7 Å². The van der Waals surface area contributed by atoms with Gasteiger partial charge in [-0.1, -0.05) is 54.6 Å². The van der Waals surface area contributed by atoms with Gasteiger partial charge in [0, 0.05) is 19.6 Å². The highest BCUT2D eigenvalue weighted by atomic mass is 16.2. The average Bonchev–Trinajstić information content (AvgIpc) is 2.66. The van der Waals surface area contributed by atoms with Crippen molar-refractivity contribution in [3.8, 4) is 0 Å². The van der Waals surface area contributed by atoms with Gasteiger partial charge in [0.2, 0.25) is 5.91 Å². The number of carbonyl (C=O) groups excluding carboxylic acids is 1. The van der Waals surface area contributed by atoms with E-state index in [2.05, 4.69) is 34.6 Å². The van der Waals surface area contributed by atoms with E-state index in [1.807, 2.05) is 35.2 Å². The van der Waals surface area contributed by atoms with E-state index in [1.54, 1.807) is 0 Å². The smallest absolute Gasteiger partial charge is 0.244 e. The number of hydrogen-bond acceptors (Lipinski definition) is 2. The third-order valence-corrected chi connectivity index (χ3v) is 4.43. The van der Waals surface area contributed by atoms with Crippen LogP contribution in [0, 0.1) is 0 Å². The van der Waals surface area contributed by atoms with Crippen molar-refractivity contribution in [3.05, 3.63) is 71.3 Å². The molecule has 1 heterocycles. The first-order chi connectivity index (χ1) is 12.2. The van der Waals surface area contributed by atoms with Gasteiger partial charge in [-0.3, -0.25) is 4.79 Å². The summed E-state index contributed by atoms with van der Waals surface area (Å²) < 4.78 is 0. The second-order valence-corrected chi connectivity index (χ2v) is 6.20. The number of carbonyl (C=O) groups is 1. The van der Waals surface area contributed by atoms with Crippen molar-refractivity contribution < 1.29 is 4.79 Å². The summed E-state index contributed by atoms with van der Waals surface area (Å²) in [6.07, 6.45) is 1.77. The van der Waals surface area contributed by atoms with Crippen molar-refractivity contribution in [2.75, 3.05) is 19.6 Å². The van der Waals surface area contributed by atoms with Gasteiger partial charge >= 0.3 is 0 Å². The Bertz CT molecular complexity index is 742. The van der Waals surface area contributed by atoms with Gasteiger partial charge < -0.3 is 16.0 Å². The number of amides is 1. The summed E-state index contributed by atoms with van der Waals surface area (Å²) in [5, 5.41) is 3.06. The minimum absolute atomic E-state index is 0.0160. The predicted octanol–water partition coefficient (Wildman–Crippen LogP) is 1.72. The molecule has 0 atom stereocenters. The lowest BCUT2D eigenvalue weighted by molar-refractivity contribution is -0.130. The summed E-state index contributed by atoms with van der Waals surface area (Å²) >= 11 is 0. The maximum Gasteiger partial charge on any atom is 0.244 e. The molecule has 5 heteroatoms. The molecule has 0 bridgehead atoms. The first-order valence-electron chi connectivity index (χ1n) is 8.64. The van der Waals surface area contributed by atoms with Crippen molar-refractivity contribution in [2.45, 2.75) is 19.4 Å². The van der Waals surface area contributed by atoms with E-state index in [-0.39, 0.29) is 12.5 Å². The normalized spacial score (nSPS) is 14.1. The Morgan fingerprint density at radius 3 is 2.60 bits per heavy atom. The molecule has 2 aromatic carbocycles. The van der Waals surface area contributed by atoms with Gasteiger partial charge in [0.05, 0.1) is 0 Å². The molecule has 5 nitrogen and oxygen atoms in total. The van der Waals surface area contributed by atoms with Gasteiger partial charge in [-0.15, -0.1) is 0 Å². The maximum absolute atomic E-state index is 12.3. The predicted molar refractivity (Wildman–Crippen MR) is 100 cm³/mol. The SMILES string of the molecule is NC(=NCC(=O)N1CCc2ccccc2C1)NCCc1ccccc1. The van der Waals surface area contributed by atoms with Crippen LogP contribution in [-0.2, 0) is 24.2 Å². The first-order valence-corrected chi connectivity index (χ1v) is 8.64. The van der Waals surface area contributed by atoms with Crippen LogP contribution in [0.15, 0.2) is 59.6 Å². The molecular weight excluding hydrogens is 312 g/mol. The fourth-order valence-electron chi connectivity index (χ4n) is 3.00. The quantitative estimate of drug-likeness (QED) is 0.645. The van der Waals surface area contributed by atoms with Crippen LogP contribution >= 0.6 is 0 Å². The largest absolute Gasteiger partial charge is 0.370 e. The van der Waals surface area contributed by atoms with Crippen LogP contribution in [0.5, 0.6) is 0 Å². The number of aliphatic imine (C=N–C) groups is 1. The number of nitrogens with zero attached hydrogens (tertiary/aromatic N) is 2. The Balaban J connectivity index is 1.44. The highest BCUT2D eigenvalue weighted by molar-refractivity contribution is 5.84. The van der Waals surface area contributed by atoms with Crippen LogP contribution in [0.25, 0.3) is 0 Å². The van der Waals surface area contributed by atoms with E-state index in [0.717, 1.165) is 19.4 Å². The van der Waals surface area contributed by atoms with Crippen LogP contribution in [0.1, 0.15) is 16.7 Å². The summed E-state index contributed by atoms with van der Waals surface area (Å²) in [5.41, 5.74) is 9.65. The molecule has 1 amide bonds. The lowest BCUT2D eigenvalue weighted by Crippen LogP contribution is -2.39. The zero-order chi connectivity index (χ0) is 17.5. The van der Waals surface area contributed by atoms with E-state index >= 15 is 0 Å². The number of rotatable bonds is 5. The van der Waals surface area contributed by atoms with Crippen molar-refractivity contribution >= 4 is 11.9 Å². The topological polar surface area (TPSA) is 70.7 Å². The number of fused-ring (bicyclic) bond motifs is 1. The van der Waals surface area contributed by atoms with Crippen LogP contribution in [-0.4, -0.2) is 36.4 Å². The minimum Gasteiger partial charge on any atom is -0.370 e. The molecule has 25 heavy (non-hydrogen) atoms. The van der Waals surface area contributed by atoms with Crippen molar-refractivity contribution in [1.29, 1.82) is 0 Å². The summed E-state index contributed by atoms with van der Waals surface area (Å²) in [7, 11) is 0. The number of benzene rings is 2. The maximum atomic E-state index is 12.3. The molecule has 3 rings (SSSR count). The van der Waals surface area contributed by atoms with Crippen molar-refractivity contribution in [2.24, 2.45) is 10.7 Å². The molecule has 1 aliphatic rings. The molecule has 0 aliphatic carbocycles. The van der Waals surface area contributed by atoms with Crippen LogP contribution in [0.4, 0.5) is 0 Å². The molecule has 2 aromatic rings. The fraction of sp³-hybridized carbons (Fsp3) is 0.300. The zero-order valence-electron chi connectivity index (χ0n) is 14.3. The van der Waals surface area contributed by atoms with Gasteiger partial charge in [0.1, 0.15) is 6.54 Å². The number of nitrogens with one attached hydrogen (secondary N) is 1. The fourth-order valence-corrected chi connectivity index (χ4v) is 3.00. The second kappa shape index (κ2) is 8.33. The zero-order valence-corrected chi connectivity index (χ0v) is 14.3. The van der Waals surface area contributed by atoms with Crippen molar-refractivity contribution in [1.82, 2.24) is 10.2 Å². The summed E-state index contributed by atoms with van der Waals surface area (Å²) in [6, 6.07) is 18.4. The molecule has 0 unspecified atom stereocenters. The van der Waals surface area contributed by atoms with E-state index in [4.69, 9.17) is 5.73 Å². The lowest BCUT2D eigenvalue weighted by atomic mass is 10.00. The van der Waals surface area contributed by atoms with Gasteiger partial charge in [-0.05, 0) is 29.5 Å². The third kappa shape index (κ3) is 4.83. The molecule has 0 saturated carbocycles. The molecule has 0 fully saturated rings. The minimum atomic E-state index is 0.0160. The molecule has 1 aliphatic heterocycles. The van der Waals surface area contributed by atoms with Gasteiger partial charge in [-0.25, -0.2) is 4.99 Å². The molecule has 0 radical (unpaired) electrons. The number of guanidine groups is 1. The number of hydrogen-bond donors (Lipinski definition) is 2.